The second-order valence-corrected chi connectivity index (χ2v) is 5.04. The van der Waals surface area contributed by atoms with Gasteiger partial charge in [-0.1, -0.05) is 26.0 Å². The normalized spacial score (nSPS) is 11.6. The predicted molar refractivity (Wildman–Crippen MR) is 79.1 cm³/mol. The third kappa shape index (κ3) is 5.43. The molecule has 0 radical (unpaired) electrons. The number of rotatable bonds is 6. The second kappa shape index (κ2) is 8.02. The fraction of sp³-hybridized carbons (Fsp3) is 0.400. The van der Waals surface area contributed by atoms with Crippen LogP contribution in [0.3, 0.4) is 0 Å². The molecule has 0 aliphatic heterocycles. The maximum Gasteiger partial charge on any atom is 0.318 e. The number of nitrogens with two attached hydrogens (primary N) is 1. The first-order valence-corrected chi connectivity index (χ1v) is 6.76. The van der Waals surface area contributed by atoms with Crippen LogP contribution in [-0.2, 0) is 20.7 Å². The summed E-state index contributed by atoms with van der Waals surface area (Å²) in [7, 11) is 1.53. The van der Waals surface area contributed by atoms with Gasteiger partial charge in [-0.3, -0.25) is 14.9 Å². The van der Waals surface area contributed by atoms with E-state index < -0.39 is 24.0 Å². The lowest BCUT2D eigenvalue weighted by Gasteiger charge is -2.19. The molecule has 1 aromatic rings. The summed E-state index contributed by atoms with van der Waals surface area (Å²) in [5.74, 6) is -0.987. The van der Waals surface area contributed by atoms with Crippen LogP contribution in [-0.4, -0.2) is 31.1 Å². The molecule has 22 heavy (non-hydrogen) atoms. The largest absolute Gasteiger partial charge is 0.497 e. The molecule has 0 saturated heterocycles. The van der Waals surface area contributed by atoms with Gasteiger partial charge in [0.2, 0.25) is 0 Å². The fourth-order valence-corrected chi connectivity index (χ4v) is 1.82. The number of urea groups is 1. The van der Waals surface area contributed by atoms with E-state index in [1.54, 1.807) is 38.1 Å². The molecule has 1 rings (SSSR count). The summed E-state index contributed by atoms with van der Waals surface area (Å²) in [6.45, 7) is 3.40. The lowest BCUT2D eigenvalue weighted by molar-refractivity contribution is -0.157. The van der Waals surface area contributed by atoms with Crippen LogP contribution >= 0.6 is 0 Å². The molecular formula is C15H20N2O5. The summed E-state index contributed by atoms with van der Waals surface area (Å²) in [4.78, 5) is 34.5. The third-order valence-electron chi connectivity index (χ3n) is 2.85. The highest BCUT2D eigenvalue weighted by Gasteiger charge is 2.27. The molecule has 0 aliphatic rings. The van der Waals surface area contributed by atoms with Crippen molar-refractivity contribution in [2.24, 2.45) is 11.7 Å². The Morgan fingerprint density at radius 2 is 1.95 bits per heavy atom. The molecule has 0 fully saturated rings. The highest BCUT2D eigenvalue weighted by molar-refractivity contribution is 5.96. The van der Waals surface area contributed by atoms with Crippen LogP contribution in [0.5, 0.6) is 5.75 Å². The Labute approximate surface area is 128 Å². The van der Waals surface area contributed by atoms with Crippen molar-refractivity contribution in [1.29, 1.82) is 0 Å². The Morgan fingerprint density at radius 1 is 1.27 bits per heavy atom. The minimum Gasteiger partial charge on any atom is -0.497 e. The number of carbonyl (C=O) groups is 3. The number of amides is 3. The number of imide groups is 1. The molecule has 0 aliphatic carbocycles. The molecule has 0 spiro atoms. The highest BCUT2D eigenvalue weighted by atomic mass is 16.5. The van der Waals surface area contributed by atoms with Crippen molar-refractivity contribution in [3.63, 3.8) is 0 Å². The van der Waals surface area contributed by atoms with Crippen molar-refractivity contribution < 1.29 is 23.9 Å². The minimum atomic E-state index is -1.08. The Bertz CT molecular complexity index is 557. The van der Waals surface area contributed by atoms with E-state index in [0.29, 0.717) is 11.3 Å². The van der Waals surface area contributed by atoms with Crippen LogP contribution in [0.4, 0.5) is 4.79 Å². The lowest BCUT2D eigenvalue weighted by atomic mass is 10.1. The zero-order valence-corrected chi connectivity index (χ0v) is 12.8. The Hall–Kier alpha value is -2.57. The first-order valence-electron chi connectivity index (χ1n) is 6.76. The summed E-state index contributed by atoms with van der Waals surface area (Å²) in [6, 6.07) is 5.97. The molecule has 3 N–H and O–H groups in total. The zero-order valence-electron chi connectivity index (χ0n) is 12.8. The van der Waals surface area contributed by atoms with Crippen LogP contribution in [0.25, 0.3) is 0 Å². The number of carbonyl (C=O) groups excluding carboxylic acids is 3. The number of benzene rings is 1. The number of hydrogen-bond donors (Lipinski definition) is 2. The van der Waals surface area contributed by atoms with E-state index in [2.05, 4.69) is 0 Å². The number of esters is 1. The van der Waals surface area contributed by atoms with Crippen molar-refractivity contribution in [2.45, 2.75) is 26.4 Å². The van der Waals surface area contributed by atoms with Crippen molar-refractivity contribution in [1.82, 2.24) is 5.32 Å². The van der Waals surface area contributed by atoms with E-state index >= 15 is 0 Å². The molecule has 0 unspecified atom stereocenters. The smallest absolute Gasteiger partial charge is 0.318 e. The molecule has 0 saturated carbocycles. The molecule has 0 aromatic heterocycles. The topological polar surface area (TPSA) is 108 Å². The standard InChI is InChI=1S/C15H20N2O5/c1-9(2)13(14(19)17-15(16)20)22-12(18)8-10-5-4-6-11(7-10)21-3/h4-7,9,13H,8H2,1-3H3,(H3,16,17,19,20)/t13-/m0/s1. The molecule has 0 heterocycles. The average Bonchev–Trinajstić information content (AvgIpc) is 2.43. The maximum absolute atomic E-state index is 12.0. The number of methoxy groups -OCH3 is 1. The fourth-order valence-electron chi connectivity index (χ4n) is 1.82. The minimum absolute atomic E-state index is 0.00965. The van der Waals surface area contributed by atoms with Gasteiger partial charge in [0.1, 0.15) is 5.75 Å². The molecule has 1 aromatic carbocycles. The Balaban J connectivity index is 2.70. The summed E-state index contributed by atoms with van der Waals surface area (Å²) in [6.07, 6.45) is -1.09. The number of primary amides is 1. The summed E-state index contributed by atoms with van der Waals surface area (Å²) >= 11 is 0. The van der Waals surface area contributed by atoms with Crippen LogP contribution in [0, 0.1) is 5.92 Å². The number of nitrogens with one attached hydrogen (secondary N) is 1. The van der Waals surface area contributed by atoms with Gasteiger partial charge in [-0.15, -0.1) is 0 Å². The van der Waals surface area contributed by atoms with Gasteiger partial charge in [0.25, 0.3) is 5.91 Å². The monoisotopic (exact) mass is 308 g/mol. The van der Waals surface area contributed by atoms with Crippen molar-refractivity contribution in [3.05, 3.63) is 29.8 Å². The zero-order chi connectivity index (χ0) is 16.7. The number of hydrogen-bond acceptors (Lipinski definition) is 5. The third-order valence-corrected chi connectivity index (χ3v) is 2.85. The van der Waals surface area contributed by atoms with E-state index in [-0.39, 0.29) is 12.3 Å². The predicted octanol–water partition coefficient (Wildman–Crippen LogP) is 1.00. The quantitative estimate of drug-likeness (QED) is 0.762. The molecular weight excluding hydrogens is 288 g/mol. The molecule has 0 bridgehead atoms. The summed E-state index contributed by atoms with van der Waals surface area (Å²) < 4.78 is 10.2. The number of ether oxygens (including phenoxy) is 2. The van der Waals surface area contributed by atoms with Crippen LogP contribution < -0.4 is 15.8 Å². The van der Waals surface area contributed by atoms with Crippen LogP contribution in [0.1, 0.15) is 19.4 Å². The lowest BCUT2D eigenvalue weighted by Crippen LogP contribution is -2.45. The van der Waals surface area contributed by atoms with Crippen LogP contribution in [0.15, 0.2) is 24.3 Å². The SMILES string of the molecule is COc1cccc(CC(=O)O[C@H](C(=O)NC(N)=O)C(C)C)c1. The molecule has 120 valence electrons. The van der Waals surface area contributed by atoms with E-state index in [1.165, 1.54) is 7.11 Å². The van der Waals surface area contributed by atoms with E-state index in [9.17, 15) is 14.4 Å². The first-order chi connectivity index (χ1) is 10.3. The van der Waals surface area contributed by atoms with Gasteiger partial charge >= 0.3 is 12.0 Å². The highest BCUT2D eigenvalue weighted by Crippen LogP contribution is 2.14. The van der Waals surface area contributed by atoms with Crippen molar-refractivity contribution in [3.8, 4) is 5.75 Å². The van der Waals surface area contributed by atoms with Crippen LogP contribution in [0.2, 0.25) is 0 Å². The second-order valence-electron chi connectivity index (χ2n) is 5.04. The summed E-state index contributed by atoms with van der Waals surface area (Å²) in [5, 5.41) is 1.91. The van der Waals surface area contributed by atoms with Gasteiger partial charge in [0.15, 0.2) is 6.10 Å². The Morgan fingerprint density at radius 3 is 2.50 bits per heavy atom. The van der Waals surface area contributed by atoms with Gasteiger partial charge in [-0.25, -0.2) is 4.79 Å². The molecule has 7 heteroatoms. The van der Waals surface area contributed by atoms with Gasteiger partial charge in [-0.05, 0) is 23.6 Å². The van der Waals surface area contributed by atoms with Crippen molar-refractivity contribution in [2.75, 3.05) is 7.11 Å². The van der Waals surface area contributed by atoms with Gasteiger partial charge in [0.05, 0.1) is 13.5 Å². The maximum atomic E-state index is 12.0. The molecule has 7 nitrogen and oxygen atoms in total. The van der Waals surface area contributed by atoms with E-state index in [0.717, 1.165) is 0 Å². The van der Waals surface area contributed by atoms with Gasteiger partial charge < -0.3 is 15.2 Å². The van der Waals surface area contributed by atoms with E-state index in [4.69, 9.17) is 15.2 Å². The summed E-state index contributed by atoms with van der Waals surface area (Å²) in [5.41, 5.74) is 5.59. The molecule has 3 amide bonds. The van der Waals surface area contributed by atoms with E-state index in [1.807, 2.05) is 5.32 Å². The first kappa shape index (κ1) is 17.5. The van der Waals surface area contributed by atoms with Crippen molar-refractivity contribution >= 4 is 17.9 Å². The Kier molecular flexibility index (Phi) is 6.37. The molecule has 1 atom stereocenters. The van der Waals surface area contributed by atoms with Gasteiger partial charge in [0, 0.05) is 0 Å². The average molecular weight is 308 g/mol. The van der Waals surface area contributed by atoms with Gasteiger partial charge in [-0.2, -0.15) is 0 Å².